The van der Waals surface area contributed by atoms with E-state index in [0.29, 0.717) is 5.11 Å². The maximum Gasteiger partial charge on any atom is 0.185 e. The van der Waals surface area contributed by atoms with E-state index in [1.807, 2.05) is 28.9 Å². The lowest BCUT2D eigenvalue weighted by atomic mass is 10.3. The van der Waals surface area contributed by atoms with E-state index >= 15 is 0 Å². The summed E-state index contributed by atoms with van der Waals surface area (Å²) in [7, 11) is 4.29. The SMILES string of the molecule is C[NH+](C)CCCNC(=S)Nn1cnc2ccccc21. The minimum Gasteiger partial charge on any atom is -0.361 e. The van der Waals surface area contributed by atoms with Crippen LogP contribution in [0.15, 0.2) is 30.6 Å². The lowest BCUT2D eigenvalue weighted by Gasteiger charge is -2.12. The lowest BCUT2D eigenvalue weighted by molar-refractivity contribution is -0.858. The van der Waals surface area contributed by atoms with Crippen molar-refractivity contribution in [3.8, 4) is 0 Å². The van der Waals surface area contributed by atoms with Gasteiger partial charge >= 0.3 is 0 Å². The fourth-order valence-electron chi connectivity index (χ4n) is 1.84. The van der Waals surface area contributed by atoms with E-state index in [-0.39, 0.29) is 0 Å². The molecule has 0 aliphatic heterocycles. The van der Waals surface area contributed by atoms with Crippen molar-refractivity contribution >= 4 is 28.4 Å². The largest absolute Gasteiger partial charge is 0.361 e. The Morgan fingerprint density at radius 2 is 2.16 bits per heavy atom. The highest BCUT2D eigenvalue weighted by Gasteiger charge is 2.02. The molecule has 0 amide bonds. The van der Waals surface area contributed by atoms with Gasteiger partial charge in [0.15, 0.2) is 5.11 Å². The van der Waals surface area contributed by atoms with Crippen molar-refractivity contribution in [1.82, 2.24) is 15.0 Å². The maximum atomic E-state index is 5.27. The van der Waals surface area contributed by atoms with Crippen LogP contribution in [0.3, 0.4) is 0 Å². The van der Waals surface area contributed by atoms with Crippen LogP contribution in [0.25, 0.3) is 11.0 Å². The van der Waals surface area contributed by atoms with Gasteiger partial charge in [-0.1, -0.05) is 12.1 Å². The predicted molar refractivity (Wildman–Crippen MR) is 82.0 cm³/mol. The molecule has 0 bridgehead atoms. The van der Waals surface area contributed by atoms with Gasteiger partial charge in [0.05, 0.1) is 31.7 Å². The van der Waals surface area contributed by atoms with E-state index in [4.69, 9.17) is 12.2 Å². The summed E-state index contributed by atoms with van der Waals surface area (Å²) < 4.78 is 1.84. The first-order valence-corrected chi connectivity index (χ1v) is 6.83. The number of thiocarbonyl (C=S) groups is 1. The summed E-state index contributed by atoms with van der Waals surface area (Å²) in [5.41, 5.74) is 5.09. The molecule has 102 valence electrons. The van der Waals surface area contributed by atoms with Crippen molar-refractivity contribution in [1.29, 1.82) is 0 Å². The first-order valence-electron chi connectivity index (χ1n) is 6.43. The van der Waals surface area contributed by atoms with Crippen molar-refractivity contribution < 1.29 is 4.90 Å². The highest BCUT2D eigenvalue weighted by Crippen LogP contribution is 2.09. The Labute approximate surface area is 118 Å². The van der Waals surface area contributed by atoms with E-state index in [1.54, 1.807) is 6.33 Å². The van der Waals surface area contributed by atoms with Crippen molar-refractivity contribution in [2.24, 2.45) is 0 Å². The molecular formula is C13H20N5S+. The van der Waals surface area contributed by atoms with E-state index < -0.39 is 0 Å². The number of benzene rings is 1. The van der Waals surface area contributed by atoms with Gasteiger partial charge in [0.1, 0.15) is 6.33 Å². The third kappa shape index (κ3) is 3.90. The first-order chi connectivity index (χ1) is 9.16. The molecule has 0 aliphatic rings. The molecule has 1 aromatic heterocycles. The Balaban J connectivity index is 1.85. The summed E-state index contributed by atoms with van der Waals surface area (Å²) >= 11 is 5.27. The molecule has 3 N–H and O–H groups in total. The average Bonchev–Trinajstić information content (AvgIpc) is 2.78. The molecule has 2 aromatic rings. The summed E-state index contributed by atoms with van der Waals surface area (Å²) in [6, 6.07) is 7.94. The predicted octanol–water partition coefficient (Wildman–Crippen LogP) is -0.0111. The highest BCUT2D eigenvalue weighted by molar-refractivity contribution is 7.80. The normalized spacial score (nSPS) is 10.9. The van der Waals surface area contributed by atoms with Gasteiger partial charge in [0, 0.05) is 13.0 Å². The quantitative estimate of drug-likeness (QED) is 0.532. The maximum absolute atomic E-state index is 5.27. The third-order valence-corrected chi connectivity index (χ3v) is 3.05. The van der Waals surface area contributed by atoms with E-state index in [0.717, 1.165) is 30.5 Å². The van der Waals surface area contributed by atoms with Crippen LogP contribution in [0.5, 0.6) is 0 Å². The minimum absolute atomic E-state index is 0.622. The number of nitrogens with zero attached hydrogens (tertiary/aromatic N) is 2. The number of aromatic nitrogens is 2. The number of quaternary nitrogens is 1. The molecule has 1 heterocycles. The molecule has 2 rings (SSSR count). The third-order valence-electron chi connectivity index (χ3n) is 2.81. The fraction of sp³-hybridized carbons (Fsp3) is 0.385. The Morgan fingerprint density at radius 3 is 2.95 bits per heavy atom. The zero-order valence-electron chi connectivity index (χ0n) is 11.3. The van der Waals surface area contributed by atoms with Crippen molar-refractivity contribution in [2.75, 3.05) is 32.6 Å². The summed E-state index contributed by atoms with van der Waals surface area (Å²) in [4.78, 5) is 5.75. The van der Waals surface area contributed by atoms with Gasteiger partial charge in [-0.3, -0.25) is 5.43 Å². The lowest BCUT2D eigenvalue weighted by Crippen LogP contribution is -3.05. The van der Waals surface area contributed by atoms with Crippen LogP contribution in [0, 0.1) is 0 Å². The summed E-state index contributed by atoms with van der Waals surface area (Å²) in [5.74, 6) is 0. The molecule has 0 radical (unpaired) electrons. The Kier molecular flexibility index (Phi) is 4.70. The molecule has 0 unspecified atom stereocenters. The van der Waals surface area contributed by atoms with Gasteiger partial charge < -0.3 is 10.2 Å². The standard InChI is InChI=1S/C13H19N5S/c1-17(2)9-5-8-14-13(19)16-18-10-15-11-6-3-4-7-12(11)18/h3-4,6-7,10H,5,8-9H2,1-2H3,(H2,14,16,19)/p+1. The second-order valence-corrected chi connectivity index (χ2v) is 5.19. The van der Waals surface area contributed by atoms with Gasteiger partial charge in [-0.05, 0) is 24.4 Å². The van der Waals surface area contributed by atoms with Crippen LogP contribution < -0.4 is 15.6 Å². The molecule has 0 saturated heterocycles. The summed E-state index contributed by atoms with van der Waals surface area (Å²) in [6.07, 6.45) is 2.83. The zero-order chi connectivity index (χ0) is 13.7. The molecule has 0 spiro atoms. The smallest absolute Gasteiger partial charge is 0.185 e. The first kappa shape index (κ1) is 13.8. The second-order valence-electron chi connectivity index (χ2n) is 4.78. The van der Waals surface area contributed by atoms with E-state index in [2.05, 4.69) is 29.8 Å². The molecular weight excluding hydrogens is 258 g/mol. The van der Waals surface area contributed by atoms with E-state index in [1.165, 1.54) is 4.90 Å². The molecule has 1 aromatic carbocycles. The second kappa shape index (κ2) is 6.49. The van der Waals surface area contributed by atoms with Crippen LogP contribution in [-0.4, -0.2) is 42.0 Å². The number of hydrogen-bond donors (Lipinski definition) is 3. The van der Waals surface area contributed by atoms with Crippen LogP contribution in [-0.2, 0) is 0 Å². The number of rotatable bonds is 5. The number of para-hydroxylation sites is 2. The molecule has 0 aliphatic carbocycles. The van der Waals surface area contributed by atoms with Gasteiger partial charge in [0.2, 0.25) is 0 Å². The topological polar surface area (TPSA) is 46.3 Å². The fourth-order valence-corrected chi connectivity index (χ4v) is 2.04. The number of fused-ring (bicyclic) bond motifs is 1. The summed E-state index contributed by atoms with van der Waals surface area (Å²) in [6.45, 7) is 2.01. The summed E-state index contributed by atoms with van der Waals surface area (Å²) in [5, 5.41) is 3.82. The Bertz CT molecular complexity index is 549. The van der Waals surface area contributed by atoms with E-state index in [9.17, 15) is 0 Å². The van der Waals surface area contributed by atoms with Crippen molar-refractivity contribution in [2.45, 2.75) is 6.42 Å². The molecule has 0 fully saturated rings. The molecule has 0 saturated carbocycles. The monoisotopic (exact) mass is 278 g/mol. The van der Waals surface area contributed by atoms with Crippen molar-refractivity contribution in [3.63, 3.8) is 0 Å². The molecule has 5 nitrogen and oxygen atoms in total. The molecule has 6 heteroatoms. The number of imidazole rings is 1. The van der Waals surface area contributed by atoms with Gasteiger partial charge in [-0.15, -0.1) is 0 Å². The van der Waals surface area contributed by atoms with Crippen molar-refractivity contribution in [3.05, 3.63) is 30.6 Å². The average molecular weight is 278 g/mol. The van der Waals surface area contributed by atoms with Gasteiger partial charge in [-0.2, -0.15) is 0 Å². The number of hydrogen-bond acceptors (Lipinski definition) is 2. The molecule has 19 heavy (non-hydrogen) atoms. The van der Waals surface area contributed by atoms with Gasteiger partial charge in [0.25, 0.3) is 0 Å². The van der Waals surface area contributed by atoms with Crippen LogP contribution in [0.1, 0.15) is 6.42 Å². The Morgan fingerprint density at radius 1 is 1.37 bits per heavy atom. The number of nitrogens with one attached hydrogen (secondary N) is 3. The zero-order valence-corrected chi connectivity index (χ0v) is 12.1. The molecule has 0 atom stereocenters. The minimum atomic E-state index is 0.622. The van der Waals surface area contributed by atoms with Crippen LogP contribution in [0.2, 0.25) is 0 Å². The highest BCUT2D eigenvalue weighted by atomic mass is 32.1. The van der Waals surface area contributed by atoms with Crippen LogP contribution >= 0.6 is 12.2 Å². The van der Waals surface area contributed by atoms with Gasteiger partial charge in [-0.25, -0.2) is 9.66 Å². The van der Waals surface area contributed by atoms with Crippen LogP contribution in [0.4, 0.5) is 0 Å². The Hall–Kier alpha value is -1.66.